The van der Waals surface area contributed by atoms with Crippen molar-refractivity contribution in [1.82, 2.24) is 0 Å². The van der Waals surface area contributed by atoms with E-state index in [4.69, 9.17) is 0 Å². The van der Waals surface area contributed by atoms with E-state index in [0.29, 0.717) is 0 Å². The predicted molar refractivity (Wildman–Crippen MR) is 21.6 cm³/mol. The van der Waals surface area contributed by atoms with Crippen molar-refractivity contribution in [3.05, 3.63) is 24.3 Å². The topological polar surface area (TPSA) is 0 Å². The van der Waals surface area contributed by atoms with Crippen molar-refractivity contribution in [2.45, 2.75) is 6.42 Å². The maximum Gasteiger partial charge on any atom is 0.154 e. The first-order chi connectivity index (χ1) is 2.50. The van der Waals surface area contributed by atoms with Crippen LogP contribution in [0, 0.1) is 6.08 Å². The minimum Gasteiger partial charge on any atom is 0.0317 e. The van der Waals surface area contributed by atoms with Gasteiger partial charge in [0, 0.05) is 6.08 Å². The summed E-state index contributed by atoms with van der Waals surface area (Å²) < 4.78 is 0. The highest BCUT2D eigenvalue weighted by Gasteiger charge is 1.87. The minimum atomic E-state index is 1.01. The third-order valence-corrected chi connectivity index (χ3v) is 0.586. The van der Waals surface area contributed by atoms with Crippen molar-refractivity contribution >= 4 is 0 Å². The molecule has 0 bridgehead atoms. The molecule has 1 aliphatic rings. The van der Waals surface area contributed by atoms with E-state index in [1.165, 1.54) is 0 Å². The minimum absolute atomic E-state index is 1.01. The van der Waals surface area contributed by atoms with Crippen LogP contribution in [0.2, 0.25) is 0 Å². The van der Waals surface area contributed by atoms with E-state index < -0.39 is 0 Å². The van der Waals surface area contributed by atoms with Gasteiger partial charge in [0.15, 0.2) is 6.08 Å². The lowest BCUT2D eigenvalue weighted by atomic mass is 10.5. The van der Waals surface area contributed by atoms with Gasteiger partial charge in [-0.25, -0.2) is 0 Å². The van der Waals surface area contributed by atoms with E-state index in [9.17, 15) is 0 Å². The summed E-state index contributed by atoms with van der Waals surface area (Å²) in [6.45, 7) is 0. The molecule has 0 unspecified atom stereocenters. The Hall–Kier alpha value is -0.610. The van der Waals surface area contributed by atoms with Gasteiger partial charge in [-0.05, 0) is 0 Å². The van der Waals surface area contributed by atoms with Crippen molar-refractivity contribution < 1.29 is 0 Å². The molecule has 0 radical (unpaired) electrons. The molecule has 1 rings (SSSR count). The molecule has 5 heavy (non-hydrogen) atoms. The Labute approximate surface area is 31.8 Å². The van der Waals surface area contributed by atoms with E-state index in [-0.39, 0.29) is 0 Å². The van der Waals surface area contributed by atoms with Crippen molar-refractivity contribution in [3.63, 3.8) is 0 Å². The highest BCUT2D eigenvalue weighted by Crippen LogP contribution is 1.91. The molecule has 0 fully saturated rings. The monoisotopic (exact) mass is 65.0 g/mol. The van der Waals surface area contributed by atoms with Crippen molar-refractivity contribution in [2.75, 3.05) is 0 Å². The molecule has 0 atom stereocenters. The molecule has 0 aliphatic heterocycles. The van der Waals surface area contributed by atoms with Crippen molar-refractivity contribution in [1.29, 1.82) is 0 Å². The fraction of sp³-hybridized carbons (Fsp3) is 0.200. The van der Waals surface area contributed by atoms with Crippen molar-refractivity contribution in [3.8, 4) is 0 Å². The average molecular weight is 65.1 g/mol. The largest absolute Gasteiger partial charge is 0.154 e. The molecule has 0 saturated heterocycles. The Bertz CT molecular complexity index is 58.1. The van der Waals surface area contributed by atoms with Gasteiger partial charge >= 0.3 is 0 Å². The van der Waals surface area contributed by atoms with E-state index in [2.05, 4.69) is 12.2 Å². The van der Waals surface area contributed by atoms with E-state index in [0.717, 1.165) is 6.42 Å². The zero-order chi connectivity index (χ0) is 3.54. The molecule has 0 N–H and O–H groups in total. The molecular weight excluding hydrogens is 60.1 g/mol. The van der Waals surface area contributed by atoms with E-state index in [1.54, 1.807) is 0 Å². The molecule has 0 aromatic rings. The lowest BCUT2D eigenvalue weighted by Gasteiger charge is -1.43. The molecule has 0 spiro atoms. The van der Waals surface area contributed by atoms with Crippen LogP contribution < -0.4 is 0 Å². The average Bonchev–Trinajstić information content (AvgIpc) is 1.76. The highest BCUT2D eigenvalue weighted by molar-refractivity contribution is 5.07. The fourth-order valence-corrected chi connectivity index (χ4v) is 0.340. The second-order valence-corrected chi connectivity index (χ2v) is 1.00. The first-order valence-electron chi connectivity index (χ1n) is 1.72. The van der Waals surface area contributed by atoms with Crippen LogP contribution in [0.1, 0.15) is 6.42 Å². The lowest BCUT2D eigenvalue weighted by molar-refractivity contribution is 1.40. The SMILES string of the molecule is [C+]1=CC=CC1. The molecule has 24 valence electrons. The van der Waals surface area contributed by atoms with Crippen LogP contribution in [0.4, 0.5) is 0 Å². The molecule has 0 amide bonds. The summed E-state index contributed by atoms with van der Waals surface area (Å²) >= 11 is 0. The smallest absolute Gasteiger partial charge is 0.0317 e. The molecule has 0 saturated carbocycles. The molecule has 0 nitrogen and oxygen atoms in total. The Morgan fingerprint density at radius 3 is 2.80 bits per heavy atom. The molecule has 0 heterocycles. The quantitative estimate of drug-likeness (QED) is 0.373. The van der Waals surface area contributed by atoms with Gasteiger partial charge in [0.2, 0.25) is 0 Å². The Morgan fingerprint density at radius 1 is 1.60 bits per heavy atom. The maximum absolute atomic E-state index is 2.99. The molecular formula is C5H5+. The second-order valence-electron chi connectivity index (χ2n) is 1.00. The molecule has 0 heteroatoms. The highest BCUT2D eigenvalue weighted by atomic mass is 13.8. The molecule has 0 aromatic carbocycles. The summed E-state index contributed by atoms with van der Waals surface area (Å²) in [5, 5.41) is 0. The number of allylic oxidation sites excluding steroid dienone is 4. The third kappa shape index (κ3) is 0.340. The summed E-state index contributed by atoms with van der Waals surface area (Å²) in [4.78, 5) is 0. The van der Waals surface area contributed by atoms with Gasteiger partial charge < -0.3 is 0 Å². The number of hydrogen-bond acceptors (Lipinski definition) is 0. The zero-order valence-corrected chi connectivity index (χ0v) is 2.94. The van der Waals surface area contributed by atoms with E-state index in [1.807, 2.05) is 12.2 Å². The van der Waals surface area contributed by atoms with Gasteiger partial charge in [-0.3, -0.25) is 0 Å². The van der Waals surface area contributed by atoms with Gasteiger partial charge in [-0.2, -0.15) is 0 Å². The zero-order valence-electron chi connectivity index (χ0n) is 2.94. The fourth-order valence-electron chi connectivity index (χ4n) is 0.340. The van der Waals surface area contributed by atoms with Gasteiger partial charge in [-0.15, -0.1) is 0 Å². The summed E-state index contributed by atoms with van der Waals surface area (Å²) in [6, 6.07) is 0. The van der Waals surface area contributed by atoms with Gasteiger partial charge in [-0.1, -0.05) is 0 Å². The maximum atomic E-state index is 2.99. The lowest BCUT2D eigenvalue weighted by Crippen LogP contribution is -1.39. The second kappa shape index (κ2) is 1.00. The first kappa shape index (κ1) is 2.62. The van der Waals surface area contributed by atoms with Crippen LogP contribution in [0.3, 0.4) is 0 Å². The van der Waals surface area contributed by atoms with Gasteiger partial charge in [0.1, 0.15) is 6.42 Å². The number of rotatable bonds is 0. The van der Waals surface area contributed by atoms with Crippen LogP contribution in [-0.2, 0) is 0 Å². The Kier molecular flexibility index (Phi) is 0.526. The summed E-state index contributed by atoms with van der Waals surface area (Å²) in [5.74, 6) is 0. The van der Waals surface area contributed by atoms with Gasteiger partial charge in [0.05, 0.1) is 12.2 Å². The van der Waals surface area contributed by atoms with Crippen LogP contribution in [0.5, 0.6) is 0 Å². The van der Waals surface area contributed by atoms with Crippen LogP contribution >= 0.6 is 0 Å². The molecule has 0 aromatic heterocycles. The Balaban J connectivity index is 2.61. The van der Waals surface area contributed by atoms with Crippen LogP contribution in [0.15, 0.2) is 18.2 Å². The first-order valence-corrected chi connectivity index (χ1v) is 1.72. The molecule has 1 aliphatic carbocycles. The summed E-state index contributed by atoms with van der Waals surface area (Å²) in [5.41, 5.74) is 0. The van der Waals surface area contributed by atoms with E-state index >= 15 is 0 Å². The van der Waals surface area contributed by atoms with Crippen molar-refractivity contribution in [2.24, 2.45) is 0 Å². The Morgan fingerprint density at radius 2 is 2.60 bits per heavy atom. The third-order valence-electron chi connectivity index (χ3n) is 0.586. The van der Waals surface area contributed by atoms with Crippen LogP contribution in [0.25, 0.3) is 0 Å². The summed E-state index contributed by atoms with van der Waals surface area (Å²) in [6.07, 6.45) is 10.0. The predicted octanol–water partition coefficient (Wildman–Crippen LogP) is 1.31. The normalized spacial score (nSPS) is 16.0. The van der Waals surface area contributed by atoms with Crippen LogP contribution in [-0.4, -0.2) is 0 Å². The standard InChI is InChI=1S/C5H5/c1-2-4-5-3-1/h1-3H,4H2/q+1. The number of hydrogen-bond donors (Lipinski definition) is 0. The summed E-state index contributed by atoms with van der Waals surface area (Å²) in [7, 11) is 0. The van der Waals surface area contributed by atoms with Gasteiger partial charge in [0.25, 0.3) is 0 Å².